The molecule has 0 bridgehead atoms. The van der Waals surface area contributed by atoms with Gasteiger partial charge < -0.3 is 24.7 Å². The Bertz CT molecular complexity index is 899. The fourth-order valence-corrected chi connectivity index (χ4v) is 2.93. The van der Waals surface area contributed by atoms with E-state index in [2.05, 4.69) is 5.32 Å². The van der Waals surface area contributed by atoms with Crippen molar-refractivity contribution in [2.45, 2.75) is 52.5 Å². The highest BCUT2D eigenvalue weighted by atomic mass is 16.4. The van der Waals surface area contributed by atoms with Gasteiger partial charge in [0.2, 0.25) is 5.91 Å². The minimum Gasteiger partial charge on any atom is -0.548 e. The van der Waals surface area contributed by atoms with Crippen molar-refractivity contribution >= 4 is 22.8 Å². The summed E-state index contributed by atoms with van der Waals surface area (Å²) in [5, 5.41) is 24.0. The number of unbranched alkanes of at least 4 members (excludes halogenated alkanes) is 1. The molecule has 1 atom stereocenters. The molecule has 140 valence electrons. The van der Waals surface area contributed by atoms with E-state index in [0.717, 1.165) is 12.0 Å². The number of rotatable bonds is 7. The average Bonchev–Trinajstić information content (AvgIpc) is 2.54. The molecule has 0 radical (unpaired) electrons. The van der Waals surface area contributed by atoms with E-state index in [4.69, 9.17) is 4.42 Å². The second-order valence-electron chi connectivity index (χ2n) is 6.41. The van der Waals surface area contributed by atoms with Crippen LogP contribution in [0.5, 0.6) is 5.75 Å². The van der Waals surface area contributed by atoms with E-state index >= 15 is 0 Å². The van der Waals surface area contributed by atoms with Crippen molar-refractivity contribution in [1.82, 2.24) is 5.32 Å². The Labute approximate surface area is 150 Å². The van der Waals surface area contributed by atoms with E-state index in [1.807, 2.05) is 6.92 Å². The van der Waals surface area contributed by atoms with Gasteiger partial charge in [-0.15, -0.1) is 0 Å². The average molecular weight is 360 g/mol. The Balaban J connectivity index is 2.31. The molecular weight excluding hydrogens is 338 g/mol. The molecule has 0 unspecified atom stereocenters. The summed E-state index contributed by atoms with van der Waals surface area (Å²) < 4.78 is 5.23. The second kappa shape index (κ2) is 8.03. The zero-order chi connectivity index (χ0) is 19.4. The number of carboxylic acids is 1. The first-order chi connectivity index (χ1) is 12.2. The first-order valence-corrected chi connectivity index (χ1v) is 8.50. The van der Waals surface area contributed by atoms with Crippen molar-refractivity contribution in [1.29, 1.82) is 0 Å². The lowest BCUT2D eigenvalue weighted by molar-refractivity contribution is -0.308. The van der Waals surface area contributed by atoms with Gasteiger partial charge in [-0.3, -0.25) is 4.79 Å². The van der Waals surface area contributed by atoms with Crippen molar-refractivity contribution < 1.29 is 24.2 Å². The molecule has 0 saturated heterocycles. The number of aromatic hydroxyl groups is 1. The molecule has 0 fully saturated rings. The van der Waals surface area contributed by atoms with Crippen LogP contribution in [0.4, 0.5) is 0 Å². The van der Waals surface area contributed by atoms with E-state index in [0.29, 0.717) is 17.4 Å². The molecule has 2 N–H and O–H groups in total. The Morgan fingerprint density at radius 1 is 1.31 bits per heavy atom. The van der Waals surface area contributed by atoms with Gasteiger partial charge in [-0.1, -0.05) is 19.8 Å². The summed E-state index contributed by atoms with van der Waals surface area (Å²) in [6, 6.07) is 2.06. The molecule has 2 rings (SSSR count). The number of carboxylic acid groups (broad SMARTS) is 1. The van der Waals surface area contributed by atoms with Crippen molar-refractivity contribution in [3.8, 4) is 5.75 Å². The minimum absolute atomic E-state index is 0.0431. The van der Waals surface area contributed by atoms with Gasteiger partial charge in [-0.2, -0.15) is 0 Å². The van der Waals surface area contributed by atoms with Gasteiger partial charge >= 0.3 is 5.63 Å². The predicted molar refractivity (Wildman–Crippen MR) is 93.8 cm³/mol. The van der Waals surface area contributed by atoms with Crippen LogP contribution in [0.2, 0.25) is 0 Å². The normalized spacial score (nSPS) is 12.1. The molecule has 7 nitrogen and oxygen atoms in total. The smallest absolute Gasteiger partial charge is 0.340 e. The van der Waals surface area contributed by atoms with E-state index in [1.54, 1.807) is 19.9 Å². The first-order valence-electron chi connectivity index (χ1n) is 8.50. The number of hydrogen-bond donors (Lipinski definition) is 2. The van der Waals surface area contributed by atoms with E-state index in [-0.39, 0.29) is 29.7 Å². The number of phenolic OH excluding ortho intramolecular Hbond substituents is 1. The van der Waals surface area contributed by atoms with Crippen LogP contribution in [0.15, 0.2) is 21.3 Å². The third-order valence-electron chi connectivity index (χ3n) is 4.31. The third-order valence-corrected chi connectivity index (χ3v) is 4.31. The summed E-state index contributed by atoms with van der Waals surface area (Å²) in [5.74, 6) is -2.02. The lowest BCUT2D eigenvalue weighted by atomic mass is 10.0. The number of aliphatic carboxylic acids is 1. The molecule has 1 aromatic heterocycles. The molecule has 0 aliphatic carbocycles. The third kappa shape index (κ3) is 4.22. The number of aryl methyl sites for hydroxylation is 2. The number of phenols is 1. The van der Waals surface area contributed by atoms with E-state index in [1.165, 1.54) is 6.07 Å². The highest BCUT2D eigenvalue weighted by molar-refractivity contribution is 5.90. The number of amides is 1. The van der Waals surface area contributed by atoms with Crippen LogP contribution >= 0.6 is 0 Å². The van der Waals surface area contributed by atoms with E-state index < -0.39 is 23.5 Å². The molecule has 1 heterocycles. The molecule has 0 spiro atoms. The van der Waals surface area contributed by atoms with Gasteiger partial charge in [0.15, 0.2) is 0 Å². The van der Waals surface area contributed by atoms with Crippen LogP contribution in [0, 0.1) is 13.8 Å². The summed E-state index contributed by atoms with van der Waals surface area (Å²) in [7, 11) is 0. The maximum atomic E-state index is 12.2. The second-order valence-corrected chi connectivity index (χ2v) is 6.41. The largest absolute Gasteiger partial charge is 0.548 e. The van der Waals surface area contributed by atoms with Crippen LogP contribution in [0.3, 0.4) is 0 Å². The maximum Gasteiger partial charge on any atom is 0.340 e. The van der Waals surface area contributed by atoms with Crippen molar-refractivity contribution in [2.75, 3.05) is 0 Å². The standard InChI is InChI=1S/C19H23NO6/c1-4-5-6-13(18(23)24)20-16(22)9-12-11(3)17-14(21)7-10(2)8-15(17)26-19(12)25/h7-8,13,21H,4-6,9H2,1-3H3,(H,20,22)(H,23,24)/p-1/t13-/m0/s1. The van der Waals surface area contributed by atoms with Crippen molar-refractivity contribution in [3.05, 3.63) is 39.2 Å². The van der Waals surface area contributed by atoms with Crippen molar-refractivity contribution in [3.63, 3.8) is 0 Å². The summed E-state index contributed by atoms with van der Waals surface area (Å²) >= 11 is 0. The SMILES string of the molecule is CCCC[C@H](NC(=O)Cc1c(C)c2c(O)cc(C)cc2oc1=O)C(=O)[O-]. The molecule has 26 heavy (non-hydrogen) atoms. The number of nitrogens with one attached hydrogen (secondary N) is 1. The molecule has 0 saturated carbocycles. The summed E-state index contributed by atoms with van der Waals surface area (Å²) in [6.45, 7) is 5.28. The van der Waals surface area contributed by atoms with Crippen LogP contribution in [0.25, 0.3) is 11.0 Å². The Kier molecular flexibility index (Phi) is 6.02. The van der Waals surface area contributed by atoms with Gasteiger partial charge in [0.25, 0.3) is 0 Å². The Morgan fingerprint density at radius 3 is 2.62 bits per heavy atom. The number of carbonyl (C=O) groups is 2. The first kappa shape index (κ1) is 19.5. The maximum absolute atomic E-state index is 12.2. The van der Waals surface area contributed by atoms with Gasteiger partial charge in [0.1, 0.15) is 11.3 Å². The zero-order valence-corrected chi connectivity index (χ0v) is 15.0. The minimum atomic E-state index is -1.36. The van der Waals surface area contributed by atoms with Crippen LogP contribution in [-0.4, -0.2) is 23.0 Å². The van der Waals surface area contributed by atoms with E-state index in [9.17, 15) is 24.6 Å². The quantitative estimate of drug-likeness (QED) is 0.713. The fourth-order valence-electron chi connectivity index (χ4n) is 2.93. The number of hydrogen-bond acceptors (Lipinski definition) is 6. The van der Waals surface area contributed by atoms with Gasteiger partial charge in [-0.25, -0.2) is 4.79 Å². The Morgan fingerprint density at radius 2 is 2.00 bits per heavy atom. The van der Waals surface area contributed by atoms with Crippen LogP contribution in [0.1, 0.15) is 42.9 Å². The van der Waals surface area contributed by atoms with Gasteiger partial charge in [0.05, 0.1) is 29.4 Å². The topological polar surface area (TPSA) is 120 Å². The van der Waals surface area contributed by atoms with Crippen LogP contribution < -0.4 is 16.0 Å². The molecule has 1 amide bonds. The van der Waals surface area contributed by atoms with Gasteiger partial charge in [-0.05, 0) is 43.5 Å². The molecular formula is C19H22NO6-. The zero-order valence-electron chi connectivity index (χ0n) is 15.0. The highest BCUT2D eigenvalue weighted by Gasteiger charge is 2.19. The molecule has 1 aromatic carbocycles. The summed E-state index contributed by atoms with van der Waals surface area (Å²) in [4.78, 5) is 35.6. The number of carbonyl (C=O) groups excluding carboxylic acids is 2. The lowest BCUT2D eigenvalue weighted by Gasteiger charge is -2.19. The summed E-state index contributed by atoms with van der Waals surface area (Å²) in [5.41, 5.74) is 0.804. The van der Waals surface area contributed by atoms with Crippen LogP contribution in [-0.2, 0) is 16.0 Å². The molecule has 0 aliphatic rings. The number of benzene rings is 1. The fraction of sp³-hybridized carbons (Fsp3) is 0.421. The lowest BCUT2D eigenvalue weighted by Crippen LogP contribution is -2.48. The monoisotopic (exact) mass is 360 g/mol. The summed E-state index contributed by atoms with van der Waals surface area (Å²) in [6.07, 6.45) is 1.33. The highest BCUT2D eigenvalue weighted by Crippen LogP contribution is 2.29. The molecule has 0 aliphatic heterocycles. The number of fused-ring (bicyclic) bond motifs is 1. The molecule has 2 aromatic rings. The Hall–Kier alpha value is -2.83. The van der Waals surface area contributed by atoms with Gasteiger partial charge in [0, 0.05) is 0 Å². The molecule has 7 heteroatoms. The predicted octanol–water partition coefficient (Wildman–Crippen LogP) is 1.08. The van der Waals surface area contributed by atoms with Crippen molar-refractivity contribution in [2.24, 2.45) is 0 Å².